The number of sulfone groups is 1. The Bertz CT molecular complexity index is 1540. The first-order valence-corrected chi connectivity index (χ1v) is 13.6. The normalized spacial score (nSPS) is 11.2. The predicted molar refractivity (Wildman–Crippen MR) is 149 cm³/mol. The summed E-state index contributed by atoms with van der Waals surface area (Å²) >= 11 is 0. The molecule has 0 fully saturated rings. The van der Waals surface area contributed by atoms with Crippen molar-refractivity contribution in [1.82, 2.24) is 4.98 Å². The molecule has 0 aliphatic carbocycles. The van der Waals surface area contributed by atoms with E-state index in [1.54, 1.807) is 50.6 Å². The SMILES string of the molecule is COc1cccc(COc2ccc(S(=O)(=O)c3ccc(C)nc3Nc3c(C)cc(C)cc3C)cc2)c1OC. The fourth-order valence-electron chi connectivity index (χ4n) is 4.42. The zero-order valence-electron chi connectivity index (χ0n) is 22.5. The smallest absolute Gasteiger partial charge is 0.210 e. The number of hydrogen-bond acceptors (Lipinski definition) is 7. The molecule has 1 aromatic heterocycles. The molecule has 198 valence electrons. The number of anilines is 2. The lowest BCUT2D eigenvalue weighted by atomic mass is 10.1. The summed E-state index contributed by atoms with van der Waals surface area (Å²) in [5.74, 6) is 2.04. The van der Waals surface area contributed by atoms with E-state index in [4.69, 9.17) is 14.2 Å². The number of nitrogens with zero attached hydrogens (tertiary/aromatic N) is 1. The van der Waals surface area contributed by atoms with Crippen LogP contribution in [0.3, 0.4) is 0 Å². The summed E-state index contributed by atoms with van der Waals surface area (Å²) in [5.41, 5.74) is 5.55. The molecular weight excluding hydrogens is 500 g/mol. The van der Waals surface area contributed by atoms with E-state index >= 15 is 0 Å². The minimum atomic E-state index is -3.86. The zero-order valence-corrected chi connectivity index (χ0v) is 23.3. The quantitative estimate of drug-likeness (QED) is 0.264. The van der Waals surface area contributed by atoms with Gasteiger partial charge >= 0.3 is 0 Å². The van der Waals surface area contributed by atoms with E-state index in [9.17, 15) is 8.42 Å². The number of rotatable bonds is 9. The first-order chi connectivity index (χ1) is 18.1. The second-order valence-corrected chi connectivity index (χ2v) is 11.0. The van der Waals surface area contributed by atoms with E-state index in [0.717, 1.165) is 27.9 Å². The van der Waals surface area contributed by atoms with Crippen LogP contribution in [0.2, 0.25) is 0 Å². The van der Waals surface area contributed by atoms with E-state index in [2.05, 4.69) is 22.4 Å². The number of pyridine rings is 1. The van der Waals surface area contributed by atoms with E-state index in [-0.39, 0.29) is 16.4 Å². The second-order valence-electron chi connectivity index (χ2n) is 9.11. The Labute approximate surface area is 224 Å². The average Bonchev–Trinajstić information content (AvgIpc) is 2.89. The minimum Gasteiger partial charge on any atom is -0.493 e. The van der Waals surface area contributed by atoms with Crippen LogP contribution in [0.5, 0.6) is 17.2 Å². The summed E-state index contributed by atoms with van der Waals surface area (Å²) in [6.45, 7) is 8.08. The standard InChI is InChI=1S/C30H32N2O5S/c1-19-16-20(2)28(21(3)17-19)32-30-27(15-10-22(4)31-30)38(33,34)25-13-11-24(12-14-25)37-18-23-8-7-9-26(35-5)29(23)36-6/h7-17H,18H2,1-6H3,(H,31,32). The molecule has 0 saturated heterocycles. The van der Waals surface area contributed by atoms with Gasteiger partial charge in [0.05, 0.1) is 19.1 Å². The molecule has 0 saturated carbocycles. The topological polar surface area (TPSA) is 86.8 Å². The van der Waals surface area contributed by atoms with Crippen molar-refractivity contribution < 1.29 is 22.6 Å². The lowest BCUT2D eigenvalue weighted by molar-refractivity contribution is 0.290. The van der Waals surface area contributed by atoms with E-state index in [1.165, 1.54) is 0 Å². The van der Waals surface area contributed by atoms with E-state index in [0.29, 0.717) is 28.8 Å². The van der Waals surface area contributed by atoms with Crippen LogP contribution in [0.1, 0.15) is 27.9 Å². The Morgan fingerprint density at radius 2 is 1.53 bits per heavy atom. The third kappa shape index (κ3) is 5.60. The lowest BCUT2D eigenvalue weighted by Crippen LogP contribution is -2.09. The van der Waals surface area contributed by atoms with Gasteiger partial charge in [0, 0.05) is 16.9 Å². The minimum absolute atomic E-state index is 0.109. The Kier molecular flexibility index (Phi) is 7.92. The molecule has 0 unspecified atom stereocenters. The predicted octanol–water partition coefficient (Wildman–Crippen LogP) is 6.49. The summed E-state index contributed by atoms with van der Waals surface area (Å²) in [6.07, 6.45) is 0. The van der Waals surface area contributed by atoms with Crippen LogP contribution in [0.15, 0.2) is 76.5 Å². The number of methoxy groups -OCH3 is 2. The van der Waals surface area contributed by atoms with Gasteiger partial charge < -0.3 is 19.5 Å². The lowest BCUT2D eigenvalue weighted by Gasteiger charge is -2.17. The van der Waals surface area contributed by atoms with Crippen molar-refractivity contribution in [2.24, 2.45) is 0 Å². The van der Waals surface area contributed by atoms with Crippen molar-refractivity contribution in [3.63, 3.8) is 0 Å². The molecule has 38 heavy (non-hydrogen) atoms. The number of aromatic nitrogens is 1. The molecule has 0 aliphatic rings. The largest absolute Gasteiger partial charge is 0.493 e. The Morgan fingerprint density at radius 3 is 2.16 bits per heavy atom. The maximum atomic E-state index is 13.7. The van der Waals surface area contributed by atoms with E-state index in [1.807, 2.05) is 45.9 Å². The fraction of sp³-hybridized carbons (Fsp3) is 0.233. The highest BCUT2D eigenvalue weighted by molar-refractivity contribution is 7.91. The maximum absolute atomic E-state index is 13.7. The molecule has 1 N–H and O–H groups in total. The Morgan fingerprint density at radius 1 is 0.842 bits per heavy atom. The van der Waals surface area contributed by atoms with Crippen molar-refractivity contribution in [3.05, 3.63) is 94.7 Å². The second kappa shape index (κ2) is 11.1. The van der Waals surface area contributed by atoms with Crippen molar-refractivity contribution in [3.8, 4) is 17.2 Å². The molecule has 0 radical (unpaired) electrons. The summed E-state index contributed by atoms with van der Waals surface area (Å²) in [5, 5.41) is 3.29. The van der Waals surface area contributed by atoms with Gasteiger partial charge in [0.1, 0.15) is 23.1 Å². The van der Waals surface area contributed by atoms with Crippen molar-refractivity contribution in [2.45, 2.75) is 44.1 Å². The molecule has 8 heteroatoms. The summed E-state index contributed by atoms with van der Waals surface area (Å²) in [6, 6.07) is 19.3. The molecule has 4 rings (SSSR count). The molecule has 1 heterocycles. The monoisotopic (exact) mass is 532 g/mol. The molecule has 0 atom stereocenters. The third-order valence-electron chi connectivity index (χ3n) is 6.22. The van der Waals surface area contributed by atoms with Gasteiger partial charge in [-0.1, -0.05) is 29.8 Å². The van der Waals surface area contributed by atoms with Gasteiger partial charge in [-0.3, -0.25) is 0 Å². The number of hydrogen-bond donors (Lipinski definition) is 1. The van der Waals surface area contributed by atoms with Crippen LogP contribution in [0.4, 0.5) is 11.5 Å². The highest BCUT2D eigenvalue weighted by Gasteiger charge is 2.24. The molecule has 0 amide bonds. The van der Waals surface area contributed by atoms with Crippen molar-refractivity contribution in [2.75, 3.05) is 19.5 Å². The maximum Gasteiger partial charge on any atom is 0.210 e. The Balaban J connectivity index is 1.60. The average molecular weight is 533 g/mol. The molecule has 7 nitrogen and oxygen atoms in total. The number of ether oxygens (including phenoxy) is 3. The van der Waals surface area contributed by atoms with Crippen LogP contribution in [0, 0.1) is 27.7 Å². The van der Waals surface area contributed by atoms with Crippen LogP contribution >= 0.6 is 0 Å². The molecule has 0 aliphatic heterocycles. The summed E-state index contributed by atoms with van der Waals surface area (Å²) < 4.78 is 44.0. The summed E-state index contributed by atoms with van der Waals surface area (Å²) in [7, 11) is -0.707. The number of para-hydroxylation sites is 1. The van der Waals surface area contributed by atoms with Crippen LogP contribution in [-0.2, 0) is 16.4 Å². The summed E-state index contributed by atoms with van der Waals surface area (Å²) in [4.78, 5) is 4.80. The van der Waals surface area contributed by atoms with Gasteiger partial charge in [-0.15, -0.1) is 0 Å². The van der Waals surface area contributed by atoms with Gasteiger partial charge in [-0.05, 0) is 81.3 Å². The molecular formula is C30H32N2O5S. The fourth-order valence-corrected chi connectivity index (χ4v) is 5.76. The van der Waals surface area contributed by atoms with E-state index < -0.39 is 9.84 Å². The number of nitrogens with one attached hydrogen (secondary N) is 1. The van der Waals surface area contributed by atoms with Crippen molar-refractivity contribution >= 4 is 21.3 Å². The van der Waals surface area contributed by atoms with Gasteiger partial charge in [-0.25, -0.2) is 13.4 Å². The highest BCUT2D eigenvalue weighted by Crippen LogP contribution is 2.34. The van der Waals surface area contributed by atoms with Crippen molar-refractivity contribution in [1.29, 1.82) is 0 Å². The molecule has 0 spiro atoms. The van der Waals surface area contributed by atoms with Crippen LogP contribution in [-0.4, -0.2) is 27.6 Å². The zero-order chi connectivity index (χ0) is 27.4. The van der Waals surface area contributed by atoms with Crippen LogP contribution < -0.4 is 19.5 Å². The van der Waals surface area contributed by atoms with Gasteiger partial charge in [0.15, 0.2) is 11.5 Å². The number of aryl methyl sites for hydroxylation is 4. The third-order valence-corrected chi connectivity index (χ3v) is 8.02. The highest BCUT2D eigenvalue weighted by atomic mass is 32.2. The first kappa shape index (κ1) is 27.0. The molecule has 4 aromatic rings. The van der Waals surface area contributed by atoms with Gasteiger partial charge in [0.25, 0.3) is 0 Å². The number of benzene rings is 3. The van der Waals surface area contributed by atoms with Gasteiger partial charge in [0.2, 0.25) is 9.84 Å². The first-order valence-electron chi connectivity index (χ1n) is 12.1. The molecule has 3 aromatic carbocycles. The molecule has 0 bridgehead atoms. The van der Waals surface area contributed by atoms with Crippen LogP contribution in [0.25, 0.3) is 0 Å². The Hall–Kier alpha value is -4.04. The van der Waals surface area contributed by atoms with Gasteiger partial charge in [-0.2, -0.15) is 0 Å².